The topological polar surface area (TPSA) is 60.3 Å². The van der Waals surface area contributed by atoms with E-state index in [1.807, 2.05) is 0 Å². The number of hydrogen-bond donors (Lipinski definition) is 3. The third-order valence-electron chi connectivity index (χ3n) is 9.18. The van der Waals surface area contributed by atoms with Crippen LogP contribution in [-0.2, 0) is 0 Å². The molecule has 1 aliphatic heterocycles. The summed E-state index contributed by atoms with van der Waals surface area (Å²) in [6.07, 6.45) is 1.61. The highest BCUT2D eigenvalue weighted by Crippen LogP contribution is 2.46. The zero-order chi connectivity index (χ0) is 42.8. The highest BCUT2D eigenvalue weighted by atomic mass is 79.9. The quantitative estimate of drug-likeness (QED) is 0.0922. The summed E-state index contributed by atoms with van der Waals surface area (Å²) < 4.78 is 225. The van der Waals surface area contributed by atoms with Crippen LogP contribution >= 0.6 is 47.8 Å². The van der Waals surface area contributed by atoms with Crippen LogP contribution in [0.3, 0.4) is 0 Å². The molecule has 0 radical (unpaired) electrons. The Balaban J connectivity index is 1.71. The summed E-state index contributed by atoms with van der Waals surface area (Å²) in [4.78, 5) is 11.9. The van der Waals surface area contributed by atoms with Gasteiger partial charge in [-0.15, -0.1) is 0 Å². The van der Waals surface area contributed by atoms with Crippen LogP contribution in [0.25, 0.3) is 78.6 Å². The number of fused-ring (bicyclic) bond motifs is 9. The number of aromatic amines is 3. The van der Waals surface area contributed by atoms with Crippen LogP contribution in [-0.4, -0.2) is 19.9 Å². The van der Waals surface area contributed by atoms with E-state index in [9.17, 15) is 39.5 Å². The van der Waals surface area contributed by atoms with Gasteiger partial charge in [-0.1, -0.05) is 0 Å². The van der Waals surface area contributed by atoms with Crippen LogP contribution < -0.4 is 0 Å². The summed E-state index contributed by atoms with van der Waals surface area (Å²) in [5.74, 6) is -36.9. The third-order valence-corrected chi connectivity index (χ3v) is 11.9. The van der Waals surface area contributed by atoms with Gasteiger partial charge in [0, 0.05) is 32.2 Å². The maximum absolute atomic E-state index is 15.7. The Labute approximate surface area is 341 Å². The zero-order valence-electron chi connectivity index (χ0n) is 27.6. The number of rotatable bonds is 3. The minimum atomic E-state index is -2.61. The maximum Gasteiger partial charge on any atom is 0.200 e. The second kappa shape index (κ2) is 14.2. The molecule has 0 spiro atoms. The lowest BCUT2D eigenvalue weighted by Crippen LogP contribution is -2.05. The molecule has 0 saturated carbocycles. The van der Waals surface area contributed by atoms with E-state index in [0.29, 0.717) is 0 Å². The molecular weight excluding hydrogens is 1030 g/mol. The summed E-state index contributed by atoms with van der Waals surface area (Å²) >= 11 is 9.52. The van der Waals surface area contributed by atoms with Crippen molar-refractivity contribution in [2.24, 2.45) is 0 Å². The van der Waals surface area contributed by atoms with Gasteiger partial charge in [0.1, 0.15) is 0 Å². The molecule has 3 N–H and O–H groups in total. The maximum atomic E-state index is 15.7. The van der Waals surface area contributed by atoms with E-state index in [-0.39, 0.29) is 24.5 Å². The lowest BCUT2D eigenvalue weighted by Gasteiger charge is -2.11. The second-order valence-corrected chi connectivity index (χ2v) is 14.8. The van der Waals surface area contributed by atoms with Crippen molar-refractivity contribution >= 4 is 93.0 Å². The smallest absolute Gasteiger partial charge is 0.200 e. The first kappa shape index (κ1) is 40.6. The molecule has 3 aromatic carbocycles. The minimum absolute atomic E-state index is 0.0957. The Bertz CT molecular complexity index is 3140. The van der Waals surface area contributed by atoms with Gasteiger partial charge >= 0.3 is 0 Å². The second-order valence-electron chi connectivity index (χ2n) is 12.4. The van der Waals surface area contributed by atoms with Crippen LogP contribution in [0, 0.1) is 87.3 Å². The van der Waals surface area contributed by atoms with E-state index in [2.05, 4.69) is 67.7 Å². The van der Waals surface area contributed by atoms with Crippen molar-refractivity contribution in [3.63, 3.8) is 0 Å². The Morgan fingerprint density at radius 2 is 0.695 bits per heavy atom. The predicted molar refractivity (Wildman–Crippen MR) is 194 cm³/mol. The summed E-state index contributed by atoms with van der Waals surface area (Å²) in [6, 6.07) is 2.85. The standard InChI is InChI=1S/C37H8Br3F15N4/c38-6-5-11-36-18(39)19(40)37(59-36)14(17-24(45)30(51)34(55)31(52)25(17)46)10-4-2-8(57-10)12(15-20(41)26(47)32(53)27(48)21(15)42)7-1-3-9(56-7)13(35(6)58-11)16-22(43)28(49)33(54)29(50)23(16)44/h1-5,56,58-59H. The molecule has 0 unspecified atom stereocenters. The van der Waals surface area contributed by atoms with Crippen molar-refractivity contribution in [2.45, 2.75) is 0 Å². The summed E-state index contributed by atoms with van der Waals surface area (Å²) in [6.45, 7) is 0. The largest absolute Gasteiger partial charge is 0.354 e. The highest BCUT2D eigenvalue weighted by Gasteiger charge is 2.34. The molecule has 59 heavy (non-hydrogen) atoms. The van der Waals surface area contributed by atoms with Gasteiger partial charge in [-0.3, -0.25) is 0 Å². The number of nitrogens with one attached hydrogen (secondary N) is 3. The van der Waals surface area contributed by atoms with Crippen LogP contribution in [0.1, 0.15) is 11.4 Å². The summed E-state index contributed by atoms with van der Waals surface area (Å²) in [7, 11) is 0. The minimum Gasteiger partial charge on any atom is -0.354 e. The highest BCUT2D eigenvalue weighted by molar-refractivity contribution is 9.13. The molecule has 0 fully saturated rings. The van der Waals surface area contributed by atoms with Gasteiger partial charge in [0.25, 0.3) is 0 Å². The lowest BCUT2D eigenvalue weighted by molar-refractivity contribution is 0.381. The average Bonchev–Trinajstić information content (AvgIpc) is 4.03. The lowest BCUT2D eigenvalue weighted by atomic mass is 10.0. The normalized spacial score (nSPS) is 12.2. The van der Waals surface area contributed by atoms with E-state index in [1.54, 1.807) is 0 Å². The molecule has 302 valence electrons. The third kappa shape index (κ3) is 5.83. The van der Waals surface area contributed by atoms with Gasteiger partial charge in [-0.2, -0.15) is 0 Å². The molecule has 0 aliphatic carbocycles. The molecule has 7 aromatic rings. The SMILES string of the molecule is Fc1c(F)c(F)c(-c2c3nc(c(-c4c(F)c(F)c(F)c(F)c4F)c4[nH]c(c(Br)c4Br)c4cc(Br)c([nH]4)c(-c4c(F)c(F)c(F)c(F)c4F)c4ccc2[nH]4)C=C3)c(F)c1F. The van der Waals surface area contributed by atoms with Gasteiger partial charge in [-0.25, -0.2) is 70.8 Å². The van der Waals surface area contributed by atoms with Crippen LogP contribution in [0.5, 0.6) is 0 Å². The molecular formula is C37H8Br3F15N4. The Hall–Kier alpha value is -5.22. The fraction of sp³-hybridized carbons (Fsp3) is 0. The van der Waals surface area contributed by atoms with Crippen molar-refractivity contribution in [2.75, 3.05) is 0 Å². The van der Waals surface area contributed by atoms with Crippen LogP contribution in [0.2, 0.25) is 0 Å². The number of aromatic nitrogens is 4. The molecule has 0 saturated heterocycles. The monoisotopic (exact) mass is 1030 g/mol. The number of benzene rings is 3. The zero-order valence-corrected chi connectivity index (χ0v) is 32.4. The first-order valence-electron chi connectivity index (χ1n) is 15.7. The Morgan fingerprint density at radius 1 is 0.339 bits per heavy atom. The molecule has 0 atom stereocenters. The van der Waals surface area contributed by atoms with E-state index in [4.69, 9.17) is 0 Å². The number of nitrogens with zero attached hydrogens (tertiary/aromatic N) is 1. The average molecular weight is 1030 g/mol. The predicted octanol–water partition coefficient (Wildman–Crippen LogP) is 14.1. The summed E-state index contributed by atoms with van der Waals surface area (Å²) in [5, 5.41) is 0. The van der Waals surface area contributed by atoms with Crippen molar-refractivity contribution in [1.82, 2.24) is 19.9 Å². The van der Waals surface area contributed by atoms with Crippen LogP contribution in [0.15, 0.2) is 31.6 Å². The van der Waals surface area contributed by atoms with Crippen molar-refractivity contribution in [3.8, 4) is 33.4 Å². The number of hydrogen-bond acceptors (Lipinski definition) is 1. The molecule has 5 heterocycles. The van der Waals surface area contributed by atoms with Crippen molar-refractivity contribution in [1.29, 1.82) is 0 Å². The summed E-state index contributed by atoms with van der Waals surface area (Å²) in [5.41, 5.74) is -12.1. The molecule has 4 aromatic heterocycles. The van der Waals surface area contributed by atoms with Crippen molar-refractivity contribution in [3.05, 3.63) is 130 Å². The first-order valence-corrected chi connectivity index (χ1v) is 18.1. The van der Waals surface area contributed by atoms with Gasteiger partial charge < -0.3 is 15.0 Å². The van der Waals surface area contributed by atoms with E-state index < -0.39 is 154 Å². The molecule has 1 aliphatic rings. The van der Waals surface area contributed by atoms with Crippen LogP contribution in [0.4, 0.5) is 65.9 Å². The fourth-order valence-corrected chi connectivity index (χ4v) is 8.07. The Morgan fingerprint density at radius 3 is 1.15 bits per heavy atom. The van der Waals surface area contributed by atoms with Gasteiger partial charge in [0.15, 0.2) is 69.8 Å². The van der Waals surface area contributed by atoms with Gasteiger partial charge in [-0.05, 0) is 78.1 Å². The fourth-order valence-electron chi connectivity index (χ4n) is 6.53. The molecule has 4 nitrogen and oxygen atoms in total. The Kier molecular flexibility index (Phi) is 9.77. The van der Waals surface area contributed by atoms with E-state index >= 15 is 26.3 Å². The van der Waals surface area contributed by atoms with E-state index in [1.165, 1.54) is 0 Å². The van der Waals surface area contributed by atoms with E-state index in [0.717, 1.165) is 30.4 Å². The number of halogens is 18. The first-order chi connectivity index (χ1) is 27.8. The molecule has 22 heteroatoms. The molecule has 8 bridgehead atoms. The van der Waals surface area contributed by atoms with Gasteiger partial charge in [0.2, 0.25) is 17.5 Å². The van der Waals surface area contributed by atoms with Crippen molar-refractivity contribution < 1.29 is 65.9 Å². The number of H-pyrrole nitrogens is 3. The van der Waals surface area contributed by atoms with Gasteiger partial charge in [0.05, 0.1) is 59.1 Å². The molecule has 8 rings (SSSR count). The molecule has 0 amide bonds.